The summed E-state index contributed by atoms with van der Waals surface area (Å²) in [6.07, 6.45) is 0. The highest BCUT2D eigenvalue weighted by Crippen LogP contribution is 2.31. The van der Waals surface area contributed by atoms with Crippen molar-refractivity contribution in [2.24, 2.45) is 0 Å². The quantitative estimate of drug-likeness (QED) is 0.840. The van der Waals surface area contributed by atoms with E-state index in [4.69, 9.17) is 28.5 Å². The summed E-state index contributed by atoms with van der Waals surface area (Å²) in [7, 11) is -3.66. The summed E-state index contributed by atoms with van der Waals surface area (Å²) in [6, 6.07) is 6.51. The minimum atomic E-state index is -3.66. The lowest BCUT2D eigenvalue weighted by Crippen LogP contribution is -2.50. The van der Waals surface area contributed by atoms with Crippen LogP contribution in [0, 0.1) is 11.3 Å². The fraction of sp³-hybridized carbons (Fsp3) is 0.462. The molecule has 8 heteroatoms. The van der Waals surface area contributed by atoms with Crippen LogP contribution in [0.25, 0.3) is 0 Å². The van der Waals surface area contributed by atoms with Crippen molar-refractivity contribution >= 4 is 33.2 Å². The van der Waals surface area contributed by atoms with Gasteiger partial charge in [0, 0.05) is 26.2 Å². The smallest absolute Gasteiger partial charge is 0.244 e. The van der Waals surface area contributed by atoms with Gasteiger partial charge < -0.3 is 0 Å². The first kappa shape index (κ1) is 16.5. The largest absolute Gasteiger partial charge is 0.286 e. The zero-order valence-electron chi connectivity index (χ0n) is 11.5. The molecule has 1 aliphatic heterocycles. The van der Waals surface area contributed by atoms with E-state index in [2.05, 4.69) is 6.07 Å². The number of benzene rings is 1. The summed E-state index contributed by atoms with van der Waals surface area (Å²) in [5.41, 5.74) is 0. The van der Waals surface area contributed by atoms with Gasteiger partial charge in [-0.1, -0.05) is 29.3 Å². The van der Waals surface area contributed by atoms with Crippen molar-refractivity contribution in [3.8, 4) is 6.07 Å². The molecule has 0 amide bonds. The fourth-order valence-electron chi connectivity index (χ4n) is 2.24. The van der Waals surface area contributed by atoms with Crippen molar-refractivity contribution in [2.75, 3.05) is 26.2 Å². The summed E-state index contributed by atoms with van der Waals surface area (Å²) in [6.45, 7) is 3.50. The maximum atomic E-state index is 12.6. The molecular weight excluding hydrogens is 333 g/mol. The van der Waals surface area contributed by atoms with Crippen LogP contribution in [0.4, 0.5) is 0 Å². The Labute approximate surface area is 134 Å². The highest BCUT2D eigenvalue weighted by molar-refractivity contribution is 7.89. The Morgan fingerprint density at radius 1 is 1.24 bits per heavy atom. The van der Waals surface area contributed by atoms with Gasteiger partial charge in [0.2, 0.25) is 10.0 Å². The molecule has 0 N–H and O–H groups in total. The number of nitrogens with zero attached hydrogens (tertiary/aromatic N) is 3. The van der Waals surface area contributed by atoms with Crippen molar-refractivity contribution in [2.45, 2.75) is 17.9 Å². The van der Waals surface area contributed by atoms with Crippen LogP contribution in [0.2, 0.25) is 10.0 Å². The zero-order valence-corrected chi connectivity index (χ0v) is 13.8. The van der Waals surface area contributed by atoms with Gasteiger partial charge in [-0.2, -0.15) is 9.57 Å². The van der Waals surface area contributed by atoms with Crippen molar-refractivity contribution < 1.29 is 8.42 Å². The lowest BCUT2D eigenvalue weighted by molar-refractivity contribution is 0.169. The van der Waals surface area contributed by atoms with Crippen molar-refractivity contribution in [1.29, 1.82) is 5.26 Å². The Morgan fingerprint density at radius 2 is 1.86 bits per heavy atom. The van der Waals surface area contributed by atoms with Crippen LogP contribution in [-0.2, 0) is 10.0 Å². The molecule has 1 saturated heterocycles. The van der Waals surface area contributed by atoms with Crippen LogP contribution < -0.4 is 0 Å². The Kier molecular flexibility index (Phi) is 5.12. The van der Waals surface area contributed by atoms with Crippen LogP contribution in [-0.4, -0.2) is 49.8 Å². The van der Waals surface area contributed by atoms with Gasteiger partial charge in [-0.15, -0.1) is 0 Å². The monoisotopic (exact) mass is 347 g/mol. The molecule has 0 spiro atoms. The molecule has 1 aromatic carbocycles. The highest BCUT2D eigenvalue weighted by atomic mass is 35.5. The third-order valence-electron chi connectivity index (χ3n) is 3.54. The molecule has 2 rings (SSSR count). The second-order valence-electron chi connectivity index (χ2n) is 4.80. The summed E-state index contributed by atoms with van der Waals surface area (Å²) in [5, 5.41) is 9.17. The Bertz CT molecular complexity index is 664. The van der Waals surface area contributed by atoms with Gasteiger partial charge in [-0.3, -0.25) is 4.90 Å². The Balaban J connectivity index is 2.19. The average molecular weight is 348 g/mol. The summed E-state index contributed by atoms with van der Waals surface area (Å²) in [5.74, 6) is 0. The first-order chi connectivity index (χ1) is 9.87. The number of hydrogen-bond donors (Lipinski definition) is 0. The van der Waals surface area contributed by atoms with Crippen molar-refractivity contribution in [3.63, 3.8) is 0 Å². The molecule has 0 unspecified atom stereocenters. The van der Waals surface area contributed by atoms with Gasteiger partial charge >= 0.3 is 0 Å². The number of sulfonamides is 1. The van der Waals surface area contributed by atoms with Crippen LogP contribution in [0.15, 0.2) is 23.1 Å². The average Bonchev–Trinajstić information content (AvgIpc) is 2.49. The lowest BCUT2D eigenvalue weighted by atomic mass is 10.2. The molecule has 1 fully saturated rings. The zero-order chi connectivity index (χ0) is 15.6. The minimum absolute atomic E-state index is 0.0263. The van der Waals surface area contributed by atoms with Gasteiger partial charge in [0.1, 0.15) is 4.90 Å². The predicted octanol–water partition coefficient (Wildman–Crippen LogP) is 2.21. The van der Waals surface area contributed by atoms with E-state index >= 15 is 0 Å². The predicted molar refractivity (Wildman–Crippen MR) is 81.9 cm³/mol. The molecule has 114 valence electrons. The standard InChI is InChI=1S/C13H15Cl2N3O2S/c1-10(9-16)17-5-7-18(8-6-17)21(19,20)12-4-2-3-11(14)13(12)15/h2-4,10H,5-8H2,1H3/t10-/m0/s1. The number of halogens is 2. The molecule has 0 radical (unpaired) electrons. The summed E-state index contributed by atoms with van der Waals surface area (Å²) in [4.78, 5) is 1.98. The maximum absolute atomic E-state index is 12.6. The van der Waals surface area contributed by atoms with Crippen molar-refractivity contribution in [1.82, 2.24) is 9.21 Å². The van der Waals surface area contributed by atoms with Gasteiger partial charge in [0.15, 0.2) is 0 Å². The second-order valence-corrected chi connectivity index (χ2v) is 7.49. The molecule has 0 bridgehead atoms. The van der Waals surface area contributed by atoms with E-state index in [0.29, 0.717) is 26.2 Å². The first-order valence-electron chi connectivity index (χ1n) is 6.45. The molecular formula is C13H15Cl2N3O2S. The number of piperazine rings is 1. The fourth-order valence-corrected chi connectivity index (χ4v) is 4.39. The molecule has 1 heterocycles. The first-order valence-corrected chi connectivity index (χ1v) is 8.65. The molecule has 1 aromatic rings. The van der Waals surface area contributed by atoms with Crippen LogP contribution in [0.1, 0.15) is 6.92 Å². The van der Waals surface area contributed by atoms with Gasteiger partial charge in [-0.05, 0) is 19.1 Å². The van der Waals surface area contributed by atoms with Crippen LogP contribution in [0.5, 0.6) is 0 Å². The maximum Gasteiger partial charge on any atom is 0.244 e. The van der Waals surface area contributed by atoms with E-state index in [9.17, 15) is 8.42 Å². The van der Waals surface area contributed by atoms with E-state index in [1.54, 1.807) is 19.1 Å². The number of rotatable bonds is 3. The normalized spacial score (nSPS) is 19.1. The molecule has 21 heavy (non-hydrogen) atoms. The minimum Gasteiger partial charge on any atom is -0.286 e. The van der Waals surface area contributed by atoms with E-state index in [1.807, 2.05) is 4.90 Å². The number of hydrogen-bond acceptors (Lipinski definition) is 4. The van der Waals surface area contributed by atoms with Gasteiger partial charge in [0.25, 0.3) is 0 Å². The van der Waals surface area contributed by atoms with Gasteiger partial charge in [-0.25, -0.2) is 8.42 Å². The third-order valence-corrected chi connectivity index (χ3v) is 6.41. The summed E-state index contributed by atoms with van der Waals surface area (Å²) >= 11 is 11.9. The molecule has 0 aliphatic carbocycles. The second kappa shape index (κ2) is 6.51. The lowest BCUT2D eigenvalue weighted by Gasteiger charge is -2.35. The topological polar surface area (TPSA) is 64.4 Å². The number of nitriles is 1. The Morgan fingerprint density at radius 3 is 2.43 bits per heavy atom. The highest BCUT2D eigenvalue weighted by Gasteiger charge is 2.31. The molecule has 1 aliphatic rings. The van der Waals surface area contributed by atoms with Crippen LogP contribution in [0.3, 0.4) is 0 Å². The van der Waals surface area contributed by atoms with E-state index in [-0.39, 0.29) is 21.0 Å². The summed E-state index contributed by atoms with van der Waals surface area (Å²) < 4.78 is 26.6. The van der Waals surface area contributed by atoms with E-state index in [0.717, 1.165) is 0 Å². The SMILES string of the molecule is C[C@@H](C#N)N1CCN(S(=O)(=O)c2cccc(Cl)c2Cl)CC1. The van der Waals surface area contributed by atoms with E-state index in [1.165, 1.54) is 10.4 Å². The Hall–Kier alpha value is -0.840. The van der Waals surface area contributed by atoms with Crippen LogP contribution >= 0.6 is 23.2 Å². The van der Waals surface area contributed by atoms with Gasteiger partial charge in [0.05, 0.1) is 22.2 Å². The molecule has 5 nitrogen and oxygen atoms in total. The molecule has 0 aromatic heterocycles. The molecule has 1 atom stereocenters. The van der Waals surface area contributed by atoms with Crippen molar-refractivity contribution in [3.05, 3.63) is 28.2 Å². The third kappa shape index (κ3) is 3.33. The van der Waals surface area contributed by atoms with E-state index < -0.39 is 10.0 Å². The molecule has 0 saturated carbocycles.